The Balaban J connectivity index is 1.92. The number of nitrogens with zero attached hydrogens (tertiary/aromatic N) is 2. The average Bonchev–Trinajstić information content (AvgIpc) is 3.08. The highest BCUT2D eigenvalue weighted by Gasteiger charge is 2.28. The SMILES string of the molecule is COC(=O)C1=C(C(=O)OC)N(c2ccccc2-c2cc3nc(Cl)ccc3[nH]2)C=CC=C1. The summed E-state index contributed by atoms with van der Waals surface area (Å²) < 4.78 is 9.87. The molecule has 31 heavy (non-hydrogen) atoms. The van der Waals surface area contributed by atoms with Crippen LogP contribution in [0.25, 0.3) is 22.3 Å². The first kappa shape index (κ1) is 20.4. The maximum Gasteiger partial charge on any atom is 0.355 e. The van der Waals surface area contributed by atoms with Gasteiger partial charge in [0.1, 0.15) is 10.9 Å². The predicted molar refractivity (Wildman–Crippen MR) is 118 cm³/mol. The van der Waals surface area contributed by atoms with Crippen molar-refractivity contribution in [3.8, 4) is 11.3 Å². The lowest BCUT2D eigenvalue weighted by Crippen LogP contribution is -2.27. The number of para-hydroxylation sites is 1. The van der Waals surface area contributed by atoms with Gasteiger partial charge in [-0.25, -0.2) is 14.6 Å². The number of halogens is 1. The van der Waals surface area contributed by atoms with E-state index in [0.29, 0.717) is 16.4 Å². The first-order chi connectivity index (χ1) is 15.0. The zero-order valence-corrected chi connectivity index (χ0v) is 17.5. The number of hydrogen-bond acceptors (Lipinski definition) is 6. The molecule has 0 saturated heterocycles. The second-order valence-electron chi connectivity index (χ2n) is 6.58. The molecule has 0 saturated carbocycles. The fourth-order valence-corrected chi connectivity index (χ4v) is 3.55. The first-order valence-electron chi connectivity index (χ1n) is 9.33. The van der Waals surface area contributed by atoms with E-state index in [0.717, 1.165) is 16.8 Å². The normalized spacial score (nSPS) is 13.5. The molecule has 1 aliphatic heterocycles. The third kappa shape index (κ3) is 3.83. The summed E-state index contributed by atoms with van der Waals surface area (Å²) in [7, 11) is 2.52. The lowest BCUT2D eigenvalue weighted by molar-refractivity contribution is -0.139. The number of methoxy groups -OCH3 is 2. The van der Waals surface area contributed by atoms with Gasteiger partial charge in [-0.1, -0.05) is 35.9 Å². The van der Waals surface area contributed by atoms with Crippen LogP contribution in [0.1, 0.15) is 0 Å². The Bertz CT molecular complexity index is 1270. The van der Waals surface area contributed by atoms with E-state index in [-0.39, 0.29) is 11.3 Å². The number of H-pyrrole nitrogens is 1. The quantitative estimate of drug-likeness (QED) is 0.483. The standard InChI is InChI=1S/C23H18ClN3O4/c1-30-22(28)15-8-5-6-12-27(21(15)23(29)31-2)19-9-4-3-7-14(19)17-13-18-16(25-17)10-11-20(24)26-18/h3-13,25H,1-2H3. The number of hydrogen-bond donors (Lipinski definition) is 1. The molecule has 3 aromatic rings. The number of nitrogens with one attached hydrogen (secondary N) is 1. The van der Waals surface area contributed by atoms with Gasteiger partial charge in [0.15, 0.2) is 0 Å². The second kappa shape index (κ2) is 8.49. The molecule has 0 spiro atoms. The van der Waals surface area contributed by atoms with Crippen molar-refractivity contribution >= 4 is 40.3 Å². The van der Waals surface area contributed by atoms with Crippen LogP contribution in [0.4, 0.5) is 5.69 Å². The minimum absolute atomic E-state index is 0.0454. The van der Waals surface area contributed by atoms with Gasteiger partial charge in [-0.15, -0.1) is 0 Å². The van der Waals surface area contributed by atoms with E-state index >= 15 is 0 Å². The fourth-order valence-electron chi connectivity index (χ4n) is 3.39. The van der Waals surface area contributed by atoms with E-state index in [2.05, 4.69) is 9.97 Å². The van der Waals surface area contributed by atoms with Crippen LogP contribution < -0.4 is 4.90 Å². The van der Waals surface area contributed by atoms with Gasteiger partial charge in [0.05, 0.1) is 42.2 Å². The highest BCUT2D eigenvalue weighted by atomic mass is 35.5. The Morgan fingerprint density at radius 2 is 1.81 bits per heavy atom. The molecule has 0 amide bonds. The molecule has 1 N–H and O–H groups in total. The van der Waals surface area contributed by atoms with Crippen molar-refractivity contribution in [3.05, 3.63) is 83.3 Å². The van der Waals surface area contributed by atoms with Crippen LogP contribution in [0, 0.1) is 0 Å². The number of carbonyl (C=O) groups is 2. The van der Waals surface area contributed by atoms with Crippen LogP contribution in [0.2, 0.25) is 5.15 Å². The molecule has 0 aliphatic carbocycles. The number of anilines is 1. The smallest absolute Gasteiger partial charge is 0.355 e. The van der Waals surface area contributed by atoms with Crippen LogP contribution >= 0.6 is 11.6 Å². The molecule has 0 atom stereocenters. The highest BCUT2D eigenvalue weighted by Crippen LogP contribution is 2.36. The topological polar surface area (TPSA) is 84.5 Å². The monoisotopic (exact) mass is 435 g/mol. The molecule has 0 unspecified atom stereocenters. The van der Waals surface area contributed by atoms with Gasteiger partial charge in [0.25, 0.3) is 0 Å². The van der Waals surface area contributed by atoms with E-state index in [4.69, 9.17) is 21.1 Å². The van der Waals surface area contributed by atoms with Gasteiger partial charge in [-0.05, 0) is 36.4 Å². The van der Waals surface area contributed by atoms with Gasteiger partial charge < -0.3 is 19.4 Å². The molecular formula is C23H18ClN3O4. The Morgan fingerprint density at radius 3 is 2.58 bits per heavy atom. The molecule has 1 aliphatic rings. The van der Waals surface area contributed by atoms with E-state index in [9.17, 15) is 9.59 Å². The van der Waals surface area contributed by atoms with Gasteiger partial charge in [0.2, 0.25) is 0 Å². The summed E-state index contributed by atoms with van der Waals surface area (Å²) in [6, 6.07) is 12.9. The molecule has 0 fully saturated rings. The summed E-state index contributed by atoms with van der Waals surface area (Å²) in [6.07, 6.45) is 6.59. The first-order valence-corrected chi connectivity index (χ1v) is 9.71. The van der Waals surface area contributed by atoms with Crippen molar-refractivity contribution < 1.29 is 19.1 Å². The minimum atomic E-state index is -0.670. The van der Waals surface area contributed by atoms with Gasteiger partial charge in [0, 0.05) is 11.8 Å². The lowest BCUT2D eigenvalue weighted by Gasteiger charge is -2.25. The van der Waals surface area contributed by atoms with Crippen molar-refractivity contribution in [3.63, 3.8) is 0 Å². The highest BCUT2D eigenvalue weighted by molar-refractivity contribution is 6.29. The van der Waals surface area contributed by atoms with Crippen LogP contribution in [0.15, 0.2) is 78.2 Å². The van der Waals surface area contributed by atoms with E-state index < -0.39 is 11.9 Å². The third-order valence-corrected chi connectivity index (χ3v) is 4.99. The molecule has 4 rings (SSSR count). The van der Waals surface area contributed by atoms with Gasteiger partial charge in [-0.3, -0.25) is 0 Å². The molecule has 156 valence electrons. The molecule has 1 aromatic carbocycles. The number of aromatic amines is 1. The van der Waals surface area contributed by atoms with Crippen LogP contribution in [-0.4, -0.2) is 36.1 Å². The largest absolute Gasteiger partial charge is 0.465 e. The lowest BCUT2D eigenvalue weighted by atomic mass is 10.1. The van der Waals surface area contributed by atoms with Crippen LogP contribution in [-0.2, 0) is 19.1 Å². The van der Waals surface area contributed by atoms with E-state index in [1.165, 1.54) is 20.3 Å². The third-order valence-electron chi connectivity index (χ3n) is 4.78. The zero-order chi connectivity index (χ0) is 22.0. The maximum absolute atomic E-state index is 12.7. The number of carbonyl (C=O) groups excluding carboxylic acids is 2. The molecule has 8 heteroatoms. The molecule has 7 nitrogen and oxygen atoms in total. The number of esters is 2. The number of rotatable bonds is 4. The van der Waals surface area contributed by atoms with Crippen molar-refractivity contribution in [2.24, 2.45) is 0 Å². The van der Waals surface area contributed by atoms with Crippen molar-refractivity contribution in [2.75, 3.05) is 19.1 Å². The molecular weight excluding hydrogens is 418 g/mol. The summed E-state index contributed by atoms with van der Waals surface area (Å²) in [5.74, 6) is -1.32. The van der Waals surface area contributed by atoms with Gasteiger partial charge >= 0.3 is 11.9 Å². The number of pyridine rings is 1. The summed E-state index contributed by atoms with van der Waals surface area (Å²) in [5, 5.41) is 0.395. The van der Waals surface area contributed by atoms with Crippen molar-refractivity contribution in [1.82, 2.24) is 9.97 Å². The molecule has 2 aromatic heterocycles. The predicted octanol–water partition coefficient (Wildman–Crippen LogP) is 4.37. The Hall–Kier alpha value is -3.84. The number of ether oxygens (including phenoxy) is 2. The van der Waals surface area contributed by atoms with E-state index in [1.54, 1.807) is 29.3 Å². The molecule has 3 heterocycles. The Morgan fingerprint density at radius 1 is 1.03 bits per heavy atom. The minimum Gasteiger partial charge on any atom is -0.465 e. The number of fused-ring (bicyclic) bond motifs is 1. The number of benzene rings is 1. The second-order valence-corrected chi connectivity index (χ2v) is 6.97. The fraction of sp³-hybridized carbons (Fsp3) is 0.0870. The molecule has 0 bridgehead atoms. The van der Waals surface area contributed by atoms with Crippen molar-refractivity contribution in [1.29, 1.82) is 0 Å². The van der Waals surface area contributed by atoms with Gasteiger partial charge in [-0.2, -0.15) is 0 Å². The maximum atomic E-state index is 12.7. The van der Waals surface area contributed by atoms with Crippen molar-refractivity contribution in [2.45, 2.75) is 0 Å². The number of allylic oxidation sites excluding steroid dienone is 2. The zero-order valence-electron chi connectivity index (χ0n) is 16.8. The average molecular weight is 436 g/mol. The summed E-state index contributed by atoms with van der Waals surface area (Å²) in [5.41, 5.74) is 3.87. The Labute approximate surface area is 183 Å². The number of aromatic nitrogens is 2. The Kier molecular flexibility index (Phi) is 5.60. The molecule has 0 radical (unpaired) electrons. The summed E-state index contributed by atoms with van der Waals surface area (Å²) in [6.45, 7) is 0. The summed E-state index contributed by atoms with van der Waals surface area (Å²) in [4.78, 5) is 34.4. The van der Waals surface area contributed by atoms with Crippen LogP contribution in [0.3, 0.4) is 0 Å². The summed E-state index contributed by atoms with van der Waals surface area (Å²) >= 11 is 6.02. The van der Waals surface area contributed by atoms with Crippen LogP contribution in [0.5, 0.6) is 0 Å². The van der Waals surface area contributed by atoms with E-state index in [1.807, 2.05) is 36.4 Å².